The van der Waals surface area contributed by atoms with Crippen LogP contribution in [0.4, 0.5) is 10.5 Å². The Balaban J connectivity index is 2.95. The van der Waals surface area contributed by atoms with E-state index in [1.54, 1.807) is 51.1 Å². The van der Waals surface area contributed by atoms with Crippen LogP contribution >= 0.6 is 15.9 Å². The van der Waals surface area contributed by atoms with Crippen molar-refractivity contribution in [2.75, 3.05) is 18.4 Å². The normalized spacial score (nSPS) is 11.4. The Morgan fingerprint density at radius 2 is 1.96 bits per heavy atom. The molecule has 8 heteroatoms. The summed E-state index contributed by atoms with van der Waals surface area (Å²) in [5.41, 5.74) is 5.08. The van der Waals surface area contributed by atoms with Crippen LogP contribution in [0.3, 0.4) is 0 Å². The number of hydrogen-bond acceptors (Lipinski definition) is 5. The molecule has 25 heavy (non-hydrogen) atoms. The second kappa shape index (κ2) is 9.20. The summed E-state index contributed by atoms with van der Waals surface area (Å²) in [7, 11) is 0. The summed E-state index contributed by atoms with van der Waals surface area (Å²) >= 11 is 3.30. The summed E-state index contributed by atoms with van der Waals surface area (Å²) in [5, 5.41) is 11.8. The molecule has 0 aromatic heterocycles. The molecule has 0 saturated carbocycles. The lowest BCUT2D eigenvalue weighted by Gasteiger charge is -2.25. The number of benzene rings is 1. The molecule has 1 aromatic rings. The number of nitrogens with two attached hydrogens (primary N) is 1. The van der Waals surface area contributed by atoms with Gasteiger partial charge in [0.2, 0.25) is 0 Å². The molecular formula is C17H21BrN4O3. The molecule has 0 heterocycles. The number of halogens is 1. The highest BCUT2D eigenvalue weighted by Crippen LogP contribution is 2.15. The fraction of sp³-hybridized carbons (Fsp3) is 0.353. The Bertz CT molecular complexity index is 687. The van der Waals surface area contributed by atoms with Crippen LogP contribution in [0.2, 0.25) is 0 Å². The predicted molar refractivity (Wildman–Crippen MR) is 98.5 cm³/mol. The van der Waals surface area contributed by atoms with Crippen LogP contribution in [0.25, 0.3) is 0 Å². The Labute approximate surface area is 155 Å². The van der Waals surface area contributed by atoms with Crippen LogP contribution in [-0.2, 0) is 9.53 Å². The lowest BCUT2D eigenvalue weighted by Crippen LogP contribution is -2.37. The number of rotatable bonds is 5. The maximum absolute atomic E-state index is 12.3. The first-order chi connectivity index (χ1) is 11.7. The van der Waals surface area contributed by atoms with E-state index in [1.165, 1.54) is 0 Å². The average Bonchev–Trinajstić information content (AvgIpc) is 2.51. The number of carbonyl (C=O) groups excluding carboxylic acids is 2. The van der Waals surface area contributed by atoms with E-state index in [9.17, 15) is 14.9 Å². The van der Waals surface area contributed by atoms with E-state index in [0.29, 0.717) is 5.69 Å². The van der Waals surface area contributed by atoms with Gasteiger partial charge in [-0.15, -0.1) is 0 Å². The van der Waals surface area contributed by atoms with Gasteiger partial charge in [-0.1, -0.05) is 15.9 Å². The summed E-state index contributed by atoms with van der Waals surface area (Å²) in [6.07, 6.45) is 0.469. The van der Waals surface area contributed by atoms with Crippen molar-refractivity contribution in [3.63, 3.8) is 0 Å². The minimum atomic E-state index is -0.704. The molecule has 0 bridgehead atoms. The largest absolute Gasteiger partial charge is 0.443 e. The number of amides is 2. The molecule has 3 N–H and O–H groups in total. The fourth-order valence-corrected chi connectivity index (χ4v) is 1.96. The van der Waals surface area contributed by atoms with Crippen LogP contribution in [0.1, 0.15) is 20.8 Å². The van der Waals surface area contributed by atoms with Crippen LogP contribution in [-0.4, -0.2) is 35.6 Å². The van der Waals surface area contributed by atoms with Gasteiger partial charge in [0.1, 0.15) is 17.2 Å². The lowest BCUT2D eigenvalue weighted by atomic mass is 10.2. The van der Waals surface area contributed by atoms with Gasteiger partial charge in [-0.2, -0.15) is 5.26 Å². The smallest absolute Gasteiger partial charge is 0.414 e. The molecule has 1 aromatic carbocycles. The van der Waals surface area contributed by atoms with Crippen molar-refractivity contribution in [2.45, 2.75) is 26.4 Å². The molecule has 0 atom stereocenters. The van der Waals surface area contributed by atoms with E-state index in [1.807, 2.05) is 0 Å². The number of carbonyl (C=O) groups is 2. The fourth-order valence-electron chi connectivity index (χ4n) is 1.69. The summed E-state index contributed by atoms with van der Waals surface area (Å²) < 4.78 is 6.11. The Morgan fingerprint density at radius 1 is 1.36 bits per heavy atom. The van der Waals surface area contributed by atoms with E-state index in [4.69, 9.17) is 10.5 Å². The molecule has 0 fully saturated rings. The lowest BCUT2D eigenvalue weighted by molar-refractivity contribution is -0.112. The molecule has 0 unspecified atom stereocenters. The second-order valence-electron chi connectivity index (χ2n) is 6.08. The highest BCUT2D eigenvalue weighted by atomic mass is 79.9. The molecule has 0 radical (unpaired) electrons. The third-order valence-corrected chi connectivity index (χ3v) is 3.28. The van der Waals surface area contributed by atoms with Gasteiger partial charge in [-0.3, -0.25) is 9.69 Å². The van der Waals surface area contributed by atoms with Crippen LogP contribution in [0.15, 0.2) is 40.5 Å². The molecule has 7 nitrogen and oxygen atoms in total. The van der Waals surface area contributed by atoms with Gasteiger partial charge in [0, 0.05) is 29.4 Å². The van der Waals surface area contributed by atoms with Crippen molar-refractivity contribution in [2.24, 2.45) is 5.73 Å². The maximum atomic E-state index is 12.3. The van der Waals surface area contributed by atoms with Gasteiger partial charge in [0.05, 0.1) is 0 Å². The van der Waals surface area contributed by atoms with Gasteiger partial charge in [0.25, 0.3) is 5.91 Å². The summed E-state index contributed by atoms with van der Waals surface area (Å²) in [4.78, 5) is 25.5. The standard InChI is InChI=1S/C17H21BrN4O3/c1-17(2,3)25-16(24)22(9-8-19)11-12(10-20)15(23)21-14-6-4-13(18)5-7-14/h4-7,11H,8-9,19H2,1-3H3,(H,21,23)/b12-11-. The minimum Gasteiger partial charge on any atom is -0.443 e. The first kappa shape index (κ1) is 20.7. The molecule has 1 rings (SSSR count). The van der Waals surface area contributed by atoms with Crippen molar-refractivity contribution < 1.29 is 14.3 Å². The zero-order valence-electron chi connectivity index (χ0n) is 14.4. The average molecular weight is 409 g/mol. The highest BCUT2D eigenvalue weighted by molar-refractivity contribution is 9.10. The van der Waals surface area contributed by atoms with E-state index >= 15 is 0 Å². The molecule has 0 aliphatic carbocycles. The van der Waals surface area contributed by atoms with Gasteiger partial charge in [0.15, 0.2) is 0 Å². The first-order valence-corrected chi connectivity index (χ1v) is 8.34. The van der Waals surface area contributed by atoms with Gasteiger partial charge in [-0.05, 0) is 45.0 Å². The number of nitriles is 1. The Kier molecular flexibility index (Phi) is 7.61. The molecule has 0 aliphatic rings. The Hall–Kier alpha value is -2.37. The van der Waals surface area contributed by atoms with Crippen LogP contribution in [0.5, 0.6) is 0 Å². The number of anilines is 1. The molecule has 0 spiro atoms. The second-order valence-corrected chi connectivity index (χ2v) is 6.99. The van der Waals surface area contributed by atoms with Gasteiger partial charge >= 0.3 is 6.09 Å². The predicted octanol–water partition coefficient (Wildman–Crippen LogP) is 2.99. The third-order valence-electron chi connectivity index (χ3n) is 2.75. The molecule has 0 aliphatic heterocycles. The quantitative estimate of drug-likeness (QED) is 0.574. The molecule has 134 valence electrons. The van der Waals surface area contributed by atoms with Crippen molar-refractivity contribution in [1.29, 1.82) is 5.26 Å². The first-order valence-electron chi connectivity index (χ1n) is 7.55. The summed E-state index contributed by atoms with van der Waals surface area (Å²) in [6.45, 7) is 5.44. The minimum absolute atomic E-state index is 0.117. The third kappa shape index (κ3) is 7.37. The number of ether oxygens (including phenoxy) is 1. The zero-order chi connectivity index (χ0) is 19.0. The van der Waals surface area contributed by atoms with Crippen LogP contribution in [0, 0.1) is 11.3 Å². The maximum Gasteiger partial charge on any atom is 0.414 e. The van der Waals surface area contributed by atoms with Crippen molar-refractivity contribution >= 4 is 33.6 Å². The van der Waals surface area contributed by atoms with E-state index in [-0.39, 0.29) is 18.7 Å². The monoisotopic (exact) mass is 408 g/mol. The zero-order valence-corrected chi connectivity index (χ0v) is 16.0. The van der Waals surface area contributed by atoms with E-state index in [0.717, 1.165) is 15.6 Å². The highest BCUT2D eigenvalue weighted by Gasteiger charge is 2.22. The van der Waals surface area contributed by atoms with Gasteiger partial charge < -0.3 is 15.8 Å². The van der Waals surface area contributed by atoms with Crippen LogP contribution < -0.4 is 11.1 Å². The topological polar surface area (TPSA) is 108 Å². The number of hydrogen-bond donors (Lipinski definition) is 2. The number of nitrogens with zero attached hydrogens (tertiary/aromatic N) is 2. The van der Waals surface area contributed by atoms with Crippen molar-refractivity contribution in [1.82, 2.24) is 4.90 Å². The molecule has 2 amide bonds. The molecular weight excluding hydrogens is 388 g/mol. The summed E-state index contributed by atoms with van der Waals surface area (Å²) in [5.74, 6) is -0.629. The summed E-state index contributed by atoms with van der Waals surface area (Å²) in [6, 6.07) is 8.67. The van der Waals surface area contributed by atoms with Gasteiger partial charge in [-0.25, -0.2) is 4.79 Å². The SMILES string of the molecule is CC(C)(C)OC(=O)N(/C=C(/C#N)C(=O)Nc1ccc(Br)cc1)CCN. The number of nitrogens with one attached hydrogen (secondary N) is 1. The van der Waals surface area contributed by atoms with Crippen molar-refractivity contribution in [3.05, 3.63) is 40.5 Å². The van der Waals surface area contributed by atoms with E-state index in [2.05, 4.69) is 21.2 Å². The molecule has 0 saturated heterocycles. The van der Waals surface area contributed by atoms with E-state index < -0.39 is 17.6 Å². The Morgan fingerprint density at radius 3 is 2.44 bits per heavy atom. The van der Waals surface area contributed by atoms with Crippen molar-refractivity contribution in [3.8, 4) is 6.07 Å².